The number of nitrogens with one attached hydrogen (secondary N) is 2. The number of hydrogen-bond donors (Lipinski definition) is 4. The molecule has 2 aromatic heterocycles. The van der Waals surface area contributed by atoms with E-state index in [9.17, 15) is 9.18 Å². The molecule has 160 valence electrons. The van der Waals surface area contributed by atoms with Crippen LogP contribution in [0.3, 0.4) is 0 Å². The lowest BCUT2D eigenvalue weighted by molar-refractivity contribution is 0.180. The van der Waals surface area contributed by atoms with Gasteiger partial charge in [0.25, 0.3) is 0 Å². The fraction of sp³-hybridized carbons (Fsp3) is 0.150. The van der Waals surface area contributed by atoms with Crippen LogP contribution in [0.5, 0.6) is 0 Å². The van der Waals surface area contributed by atoms with Crippen LogP contribution in [0.25, 0.3) is 0 Å². The Morgan fingerprint density at radius 3 is 2.74 bits per heavy atom. The predicted octanol–water partition coefficient (Wildman–Crippen LogP) is 2.41. The van der Waals surface area contributed by atoms with Gasteiger partial charge in [-0.15, -0.1) is 0 Å². The number of anilines is 4. The maximum Gasteiger partial charge on any atom is 0.413 e. The number of nitrogen functional groups attached to an aromatic ring is 2. The summed E-state index contributed by atoms with van der Waals surface area (Å²) in [6.07, 6.45) is -2.10. The smallest absolute Gasteiger partial charge is 0.413 e. The summed E-state index contributed by atoms with van der Waals surface area (Å²) >= 11 is 0. The molecule has 0 saturated heterocycles. The Balaban J connectivity index is 2.17. The summed E-state index contributed by atoms with van der Waals surface area (Å²) in [4.78, 5) is 23.7. The highest BCUT2D eigenvalue weighted by atomic mass is 19.1. The third-order valence-corrected chi connectivity index (χ3v) is 3.83. The summed E-state index contributed by atoms with van der Waals surface area (Å²) in [5.74, 6) is -3.45. The fourth-order valence-corrected chi connectivity index (χ4v) is 2.38. The average molecular weight is 432 g/mol. The molecule has 0 aliphatic carbocycles. The van der Waals surface area contributed by atoms with E-state index in [1.165, 1.54) is 12.1 Å². The summed E-state index contributed by atoms with van der Waals surface area (Å²) < 4.78 is 82.3. The number of carbonyl (C=O) groups excluding carboxylic acids is 1. The quantitative estimate of drug-likeness (QED) is 0.433. The van der Waals surface area contributed by atoms with Crippen molar-refractivity contribution in [2.45, 2.75) is 6.50 Å². The molecule has 0 aliphatic heterocycles. The van der Waals surface area contributed by atoms with Crippen LogP contribution in [-0.2, 0) is 11.2 Å². The Morgan fingerprint density at radius 2 is 2.10 bits per heavy atom. The normalized spacial score (nSPS) is 15.0. The number of benzene rings is 1. The third-order valence-electron chi connectivity index (χ3n) is 3.83. The number of aromatic nitrogens is 3. The summed E-state index contributed by atoms with van der Waals surface area (Å²) in [7, 11) is 0.921. The van der Waals surface area contributed by atoms with E-state index in [0.29, 0.717) is 0 Å². The maximum absolute atomic E-state index is 14.3. The van der Waals surface area contributed by atoms with Crippen molar-refractivity contribution in [3.63, 3.8) is 0 Å². The zero-order chi connectivity index (χ0) is 29.4. The zero-order valence-electron chi connectivity index (χ0n) is 23.9. The Bertz CT molecular complexity index is 1450. The van der Waals surface area contributed by atoms with Crippen LogP contribution in [-0.4, -0.2) is 40.8 Å². The van der Waals surface area contributed by atoms with Crippen molar-refractivity contribution in [2.75, 3.05) is 35.8 Å². The van der Waals surface area contributed by atoms with E-state index in [-0.39, 0.29) is 4.90 Å². The largest absolute Gasteiger partial charge is 0.452 e. The molecule has 10 nitrogen and oxygen atoms in total. The van der Waals surface area contributed by atoms with Crippen LogP contribution in [0.15, 0.2) is 42.5 Å². The number of ether oxygens (including phenoxy) is 1. The number of carbonyl (C=O) groups is 1. The second-order valence-corrected chi connectivity index (χ2v) is 5.77. The lowest BCUT2D eigenvalue weighted by Gasteiger charge is -2.19. The molecule has 1 aromatic carbocycles. The first-order valence-corrected chi connectivity index (χ1v) is 8.42. The molecule has 0 unspecified atom stereocenters. The molecule has 3 rings (SSSR count). The fourth-order valence-electron chi connectivity index (χ4n) is 2.38. The molecule has 31 heavy (non-hydrogen) atoms. The SMILES string of the molecule is [2H]c1nc(NC([2H])([2H])c2ccccc2F)c(C(=N)c2nc(N)c(N(C(=O)OC)C([2H])([2H])[2H])c(N)n2)c([2H])c1[2H]. The van der Waals surface area contributed by atoms with Crippen molar-refractivity contribution in [1.82, 2.24) is 15.0 Å². The van der Waals surface area contributed by atoms with Gasteiger partial charge in [0.1, 0.15) is 23.0 Å². The number of pyridine rings is 1. The van der Waals surface area contributed by atoms with Gasteiger partial charge in [0.05, 0.1) is 14.0 Å². The second-order valence-electron chi connectivity index (χ2n) is 5.77. The number of nitrogens with two attached hydrogens (primary N) is 2. The Morgan fingerprint density at radius 1 is 1.39 bits per heavy atom. The van der Waals surface area contributed by atoms with Gasteiger partial charge in [0.2, 0.25) is 0 Å². The van der Waals surface area contributed by atoms with Gasteiger partial charge in [-0.2, -0.15) is 0 Å². The predicted molar refractivity (Wildman–Crippen MR) is 116 cm³/mol. The first-order valence-electron chi connectivity index (χ1n) is 12.4. The molecule has 2 heterocycles. The van der Waals surface area contributed by atoms with Crippen molar-refractivity contribution >= 4 is 34.9 Å². The highest BCUT2D eigenvalue weighted by Crippen LogP contribution is 2.28. The van der Waals surface area contributed by atoms with Crippen LogP contribution in [0, 0.1) is 11.2 Å². The van der Waals surface area contributed by atoms with E-state index in [2.05, 4.69) is 25.0 Å². The molecule has 0 atom stereocenters. The van der Waals surface area contributed by atoms with E-state index in [1.807, 2.05) is 0 Å². The van der Waals surface area contributed by atoms with Gasteiger partial charge in [-0.1, -0.05) is 18.2 Å². The molecule has 6 N–H and O–H groups in total. The summed E-state index contributed by atoms with van der Waals surface area (Å²) in [5.41, 5.74) is 9.33. The first kappa shape index (κ1) is 13.1. The second kappa shape index (κ2) is 9.03. The van der Waals surface area contributed by atoms with Gasteiger partial charge in [-0.25, -0.2) is 24.1 Å². The van der Waals surface area contributed by atoms with Crippen LogP contribution >= 0.6 is 0 Å². The third kappa shape index (κ3) is 4.50. The van der Waals surface area contributed by atoms with Gasteiger partial charge in [0.15, 0.2) is 17.5 Å². The van der Waals surface area contributed by atoms with E-state index >= 15 is 0 Å². The minimum Gasteiger partial charge on any atom is -0.452 e. The van der Waals surface area contributed by atoms with Crippen LogP contribution in [0.2, 0.25) is 0 Å². The van der Waals surface area contributed by atoms with Crippen molar-refractivity contribution in [1.29, 1.82) is 5.41 Å². The molecular weight excluding hydrogens is 403 g/mol. The molecule has 0 bridgehead atoms. The van der Waals surface area contributed by atoms with Crippen molar-refractivity contribution in [3.05, 3.63) is 65.3 Å². The Kier molecular flexibility index (Phi) is 3.82. The summed E-state index contributed by atoms with van der Waals surface area (Å²) in [6.45, 7) is -5.79. The summed E-state index contributed by atoms with van der Waals surface area (Å²) in [5, 5.41) is 10.9. The monoisotopic (exact) mass is 432 g/mol. The van der Waals surface area contributed by atoms with Crippen LogP contribution in [0.1, 0.15) is 27.9 Å². The number of halogens is 1. The number of hydrogen-bond acceptors (Lipinski definition) is 9. The number of methoxy groups -OCH3 is 1. The summed E-state index contributed by atoms with van der Waals surface area (Å²) in [6, 6.07) is 3.40. The van der Waals surface area contributed by atoms with E-state index in [0.717, 1.165) is 19.2 Å². The van der Waals surface area contributed by atoms with E-state index in [4.69, 9.17) is 27.8 Å². The number of amides is 1. The molecule has 3 aromatic rings. The highest BCUT2D eigenvalue weighted by molar-refractivity contribution is 6.12. The molecule has 1 amide bonds. The van der Waals surface area contributed by atoms with Crippen molar-refractivity contribution < 1.29 is 24.9 Å². The van der Waals surface area contributed by atoms with Gasteiger partial charge < -0.3 is 21.5 Å². The van der Waals surface area contributed by atoms with Gasteiger partial charge in [-0.05, 0) is 18.2 Å². The van der Waals surface area contributed by atoms with E-state index in [1.54, 1.807) is 0 Å². The van der Waals surface area contributed by atoms with Crippen molar-refractivity contribution in [3.8, 4) is 0 Å². The molecule has 0 fully saturated rings. The Hall–Kier alpha value is -4.28. The molecule has 11 heteroatoms. The average Bonchev–Trinajstić information content (AvgIpc) is 2.83. The lowest BCUT2D eigenvalue weighted by atomic mass is 10.1. The van der Waals surface area contributed by atoms with Gasteiger partial charge in [0, 0.05) is 34.9 Å². The first-order chi connectivity index (χ1) is 18.0. The minimum absolute atomic E-state index is 0.134. The molecule has 0 saturated carbocycles. The molecule has 0 radical (unpaired) electrons. The van der Waals surface area contributed by atoms with Crippen molar-refractivity contribution in [2.24, 2.45) is 0 Å². The maximum atomic E-state index is 14.3. The van der Waals surface area contributed by atoms with Crippen LogP contribution in [0.4, 0.5) is 32.3 Å². The van der Waals surface area contributed by atoms with Crippen LogP contribution < -0.4 is 21.7 Å². The number of nitrogens with zero attached hydrogens (tertiary/aromatic N) is 4. The Labute approximate surface area is 188 Å². The highest BCUT2D eigenvalue weighted by Gasteiger charge is 2.22. The molecular formula is C20H21FN8O2. The zero-order valence-corrected chi connectivity index (χ0v) is 15.9. The molecule has 0 spiro atoms. The van der Waals surface area contributed by atoms with Gasteiger partial charge in [-0.3, -0.25) is 10.3 Å². The minimum atomic E-state index is -3.12. The number of rotatable bonds is 6. The lowest BCUT2D eigenvalue weighted by Crippen LogP contribution is -2.29. The topological polar surface area (TPSA) is 156 Å². The van der Waals surface area contributed by atoms with Gasteiger partial charge >= 0.3 is 6.09 Å². The molecule has 0 aliphatic rings. The van der Waals surface area contributed by atoms with E-state index < -0.39 is 89.4 Å². The standard InChI is InChI=1S/C20H21FN8O2/c1-29(20(30)31-2)15-16(23)27-19(28-17(15)24)14(22)12-7-5-9-25-18(12)26-10-11-6-3-4-8-13(11)21/h3-9,22H,10H2,1-2H3,(H,25,26)(H4,23,24,27,28)/i1D3,5D,7D,9D,10D2.